The Morgan fingerprint density at radius 3 is 2.92 bits per heavy atom. The lowest BCUT2D eigenvalue weighted by molar-refractivity contribution is -0.147. The van der Waals surface area contributed by atoms with Crippen molar-refractivity contribution in [2.24, 2.45) is 18.9 Å². The topological polar surface area (TPSA) is 59.4 Å². The number of aromatic nitrogens is 2. The van der Waals surface area contributed by atoms with Crippen molar-refractivity contribution in [1.82, 2.24) is 20.0 Å². The zero-order chi connectivity index (χ0) is 17.4. The molecule has 4 rings (SSSR count). The molecule has 6 heteroatoms. The molecule has 2 aliphatic heterocycles. The quantitative estimate of drug-likeness (QED) is 0.882. The maximum Gasteiger partial charge on any atom is 0.249 e. The molecule has 0 aromatic carbocycles. The number of aryl methyl sites for hydroxylation is 1. The predicted octanol–water partition coefficient (Wildman–Crippen LogP) is 1.71. The first-order chi connectivity index (χ1) is 12.0. The smallest absolute Gasteiger partial charge is 0.249 e. The van der Waals surface area contributed by atoms with Crippen LogP contribution in [0.15, 0.2) is 12.4 Å². The second-order valence-electron chi connectivity index (χ2n) is 8.31. The van der Waals surface area contributed by atoms with Gasteiger partial charge in [0, 0.05) is 45.0 Å². The number of hydrogen-bond acceptors (Lipinski definition) is 4. The highest BCUT2D eigenvalue weighted by molar-refractivity contribution is 5.81. The minimum absolute atomic E-state index is 0.104. The zero-order valence-electron chi connectivity index (χ0n) is 15.4. The maximum atomic E-state index is 12.4. The van der Waals surface area contributed by atoms with Gasteiger partial charge in [-0.15, -0.1) is 0 Å². The Hall–Kier alpha value is -1.40. The van der Waals surface area contributed by atoms with Gasteiger partial charge in [-0.05, 0) is 43.9 Å². The number of nitrogens with one attached hydrogen (secondary N) is 1. The monoisotopic (exact) mass is 346 g/mol. The van der Waals surface area contributed by atoms with Crippen LogP contribution in [-0.4, -0.2) is 51.9 Å². The first kappa shape index (κ1) is 17.0. The van der Waals surface area contributed by atoms with Crippen molar-refractivity contribution in [2.45, 2.75) is 57.3 Å². The molecule has 1 amide bonds. The van der Waals surface area contributed by atoms with Crippen LogP contribution in [0.4, 0.5) is 0 Å². The highest BCUT2D eigenvalue weighted by Crippen LogP contribution is 2.42. The van der Waals surface area contributed by atoms with E-state index in [2.05, 4.69) is 28.4 Å². The minimum atomic E-state index is -0.244. The van der Waals surface area contributed by atoms with Gasteiger partial charge < -0.3 is 10.1 Å². The van der Waals surface area contributed by atoms with Crippen LogP contribution < -0.4 is 5.32 Å². The molecule has 1 aliphatic carbocycles. The van der Waals surface area contributed by atoms with Crippen molar-refractivity contribution >= 4 is 5.91 Å². The fraction of sp³-hybridized carbons (Fsp3) is 0.789. The van der Waals surface area contributed by atoms with E-state index in [1.54, 1.807) is 0 Å². The van der Waals surface area contributed by atoms with Crippen LogP contribution >= 0.6 is 0 Å². The van der Waals surface area contributed by atoms with Crippen molar-refractivity contribution in [3.05, 3.63) is 18.0 Å². The molecule has 3 heterocycles. The molecule has 0 unspecified atom stereocenters. The number of carbonyl (C=O) groups is 1. The maximum absolute atomic E-state index is 12.4. The average molecular weight is 346 g/mol. The van der Waals surface area contributed by atoms with E-state index >= 15 is 0 Å². The third kappa shape index (κ3) is 3.75. The molecule has 0 bridgehead atoms. The van der Waals surface area contributed by atoms with Gasteiger partial charge in [0.15, 0.2) is 0 Å². The zero-order valence-corrected chi connectivity index (χ0v) is 15.4. The summed E-state index contributed by atoms with van der Waals surface area (Å²) in [6, 6.07) is 0. The highest BCUT2D eigenvalue weighted by atomic mass is 16.5. The van der Waals surface area contributed by atoms with Crippen LogP contribution in [0.25, 0.3) is 0 Å². The molecule has 1 aromatic heterocycles. The van der Waals surface area contributed by atoms with E-state index in [-0.39, 0.29) is 17.6 Å². The fourth-order valence-corrected chi connectivity index (χ4v) is 4.38. The molecule has 1 spiro atoms. The third-order valence-electron chi connectivity index (χ3n) is 6.21. The Bertz CT molecular complexity index is 627. The number of carbonyl (C=O) groups excluding carboxylic acids is 1. The minimum Gasteiger partial charge on any atom is -0.362 e. The van der Waals surface area contributed by atoms with Gasteiger partial charge in [0.2, 0.25) is 5.91 Å². The Kier molecular flexibility index (Phi) is 4.58. The van der Waals surface area contributed by atoms with E-state index in [1.165, 1.54) is 18.4 Å². The molecule has 6 nitrogen and oxygen atoms in total. The van der Waals surface area contributed by atoms with Crippen LogP contribution in [0.3, 0.4) is 0 Å². The third-order valence-corrected chi connectivity index (χ3v) is 6.21. The first-order valence-corrected chi connectivity index (χ1v) is 9.69. The van der Waals surface area contributed by atoms with Crippen molar-refractivity contribution in [3.8, 4) is 0 Å². The summed E-state index contributed by atoms with van der Waals surface area (Å²) in [5.74, 6) is 1.27. The molecule has 25 heavy (non-hydrogen) atoms. The summed E-state index contributed by atoms with van der Waals surface area (Å²) in [6.07, 6.45) is 9.20. The van der Waals surface area contributed by atoms with Crippen LogP contribution in [0.5, 0.6) is 0 Å². The van der Waals surface area contributed by atoms with Gasteiger partial charge in [-0.25, -0.2) is 0 Å². The van der Waals surface area contributed by atoms with Crippen LogP contribution in [0, 0.1) is 11.8 Å². The number of likely N-dealkylation sites (tertiary alicyclic amines) is 1. The lowest BCUT2D eigenvalue weighted by Crippen LogP contribution is -2.51. The van der Waals surface area contributed by atoms with Crippen molar-refractivity contribution < 1.29 is 9.53 Å². The number of amides is 1. The number of ether oxygens (including phenoxy) is 1. The molecule has 3 aliphatic rings. The molecule has 1 saturated carbocycles. The number of rotatable bonds is 5. The normalized spacial score (nSPS) is 33.0. The molecule has 2 saturated heterocycles. The molecule has 0 radical (unpaired) electrons. The fourth-order valence-electron chi connectivity index (χ4n) is 4.38. The summed E-state index contributed by atoms with van der Waals surface area (Å²) < 4.78 is 8.22. The molecular weight excluding hydrogens is 316 g/mol. The van der Waals surface area contributed by atoms with Crippen LogP contribution in [0.2, 0.25) is 0 Å². The van der Waals surface area contributed by atoms with E-state index in [9.17, 15) is 4.79 Å². The number of hydrogen-bond donors (Lipinski definition) is 1. The lowest BCUT2D eigenvalue weighted by Gasteiger charge is -2.44. The summed E-state index contributed by atoms with van der Waals surface area (Å²) in [7, 11) is 1.96. The van der Waals surface area contributed by atoms with Gasteiger partial charge in [-0.2, -0.15) is 5.10 Å². The predicted molar refractivity (Wildman–Crippen MR) is 94.8 cm³/mol. The summed E-state index contributed by atoms with van der Waals surface area (Å²) in [5.41, 5.74) is 1.16. The van der Waals surface area contributed by atoms with E-state index in [1.807, 2.05) is 17.9 Å². The van der Waals surface area contributed by atoms with Crippen molar-refractivity contribution in [3.63, 3.8) is 0 Å². The Morgan fingerprint density at radius 1 is 1.40 bits per heavy atom. The molecular formula is C19H30N4O2. The van der Waals surface area contributed by atoms with E-state index in [4.69, 9.17) is 4.74 Å². The summed E-state index contributed by atoms with van der Waals surface area (Å²) in [4.78, 5) is 14.8. The highest BCUT2D eigenvalue weighted by Gasteiger charge is 2.48. The Labute approximate surface area is 149 Å². The van der Waals surface area contributed by atoms with Crippen molar-refractivity contribution in [2.75, 3.05) is 19.6 Å². The van der Waals surface area contributed by atoms with E-state index < -0.39 is 0 Å². The molecule has 3 fully saturated rings. The summed E-state index contributed by atoms with van der Waals surface area (Å²) in [6.45, 7) is 6.10. The SMILES string of the molecule is C[C@H]1CN(Cc2cnn(C)c2)CC[C@]12CC[C@H](C(=O)NCC1CC1)O2. The van der Waals surface area contributed by atoms with Crippen molar-refractivity contribution in [1.29, 1.82) is 0 Å². The standard InChI is InChI=1S/C19H30N4O2/c1-14-11-23(13-16-10-21-22(2)12-16)8-7-19(14)6-5-17(25-19)18(24)20-9-15-3-4-15/h10,12,14-15,17H,3-9,11,13H2,1-2H3,(H,20,24)/t14-,17+,19+/m0/s1. The van der Waals surface area contributed by atoms with Crippen LogP contribution in [0.1, 0.15) is 44.6 Å². The van der Waals surface area contributed by atoms with Gasteiger partial charge in [0.25, 0.3) is 0 Å². The van der Waals surface area contributed by atoms with E-state index in [0.29, 0.717) is 11.8 Å². The largest absolute Gasteiger partial charge is 0.362 e. The van der Waals surface area contributed by atoms with Gasteiger partial charge in [-0.1, -0.05) is 6.92 Å². The summed E-state index contributed by atoms with van der Waals surface area (Å²) in [5, 5.41) is 7.34. The van der Waals surface area contributed by atoms with E-state index in [0.717, 1.165) is 45.4 Å². The van der Waals surface area contributed by atoms with Gasteiger partial charge in [-0.3, -0.25) is 14.4 Å². The first-order valence-electron chi connectivity index (χ1n) is 9.69. The average Bonchev–Trinajstić information content (AvgIpc) is 3.18. The number of nitrogens with zero attached hydrogens (tertiary/aromatic N) is 3. The van der Waals surface area contributed by atoms with Gasteiger partial charge >= 0.3 is 0 Å². The number of piperidine rings is 1. The van der Waals surface area contributed by atoms with Crippen LogP contribution in [-0.2, 0) is 23.1 Å². The molecule has 138 valence electrons. The molecule has 3 atom stereocenters. The molecule has 1 aromatic rings. The molecule has 1 N–H and O–H groups in total. The van der Waals surface area contributed by atoms with Gasteiger partial charge in [0.05, 0.1) is 11.8 Å². The lowest BCUT2D eigenvalue weighted by atomic mass is 9.80. The Balaban J connectivity index is 1.30. The Morgan fingerprint density at radius 2 is 2.24 bits per heavy atom. The second kappa shape index (κ2) is 6.72. The second-order valence-corrected chi connectivity index (χ2v) is 8.31. The summed E-state index contributed by atoms with van der Waals surface area (Å²) >= 11 is 0. The van der Waals surface area contributed by atoms with Gasteiger partial charge in [0.1, 0.15) is 6.10 Å².